The highest BCUT2D eigenvalue weighted by molar-refractivity contribution is 5.96. The van der Waals surface area contributed by atoms with E-state index in [-0.39, 0.29) is 24.3 Å². The predicted molar refractivity (Wildman–Crippen MR) is 108 cm³/mol. The molecule has 2 amide bonds. The van der Waals surface area contributed by atoms with Gasteiger partial charge in [0.05, 0.1) is 12.5 Å². The maximum atomic E-state index is 13.0. The summed E-state index contributed by atoms with van der Waals surface area (Å²) in [5, 5.41) is 0. The van der Waals surface area contributed by atoms with Crippen LogP contribution in [-0.4, -0.2) is 29.3 Å². The number of benzene rings is 2. The molecule has 0 aromatic heterocycles. The Balaban J connectivity index is 1.77. The van der Waals surface area contributed by atoms with Gasteiger partial charge in [0.1, 0.15) is 0 Å². The molecule has 2 aromatic carbocycles. The second-order valence-corrected chi connectivity index (χ2v) is 7.02. The molecular weight excluding hydrogens is 336 g/mol. The summed E-state index contributed by atoms with van der Waals surface area (Å²) in [5.74, 6) is -0.263. The van der Waals surface area contributed by atoms with E-state index in [0.29, 0.717) is 12.1 Å². The van der Waals surface area contributed by atoms with Crippen molar-refractivity contribution in [1.29, 1.82) is 0 Å². The van der Waals surface area contributed by atoms with E-state index >= 15 is 0 Å². The second-order valence-electron chi connectivity index (χ2n) is 7.02. The largest absolute Gasteiger partial charge is 0.369 e. The SMILES string of the molecule is CCCC[C@@H]1C=CCN1C(=O)c1cccc(-c2ccc(CC(N)=O)cc2)c1. The molecule has 1 aliphatic rings. The molecule has 27 heavy (non-hydrogen) atoms. The minimum absolute atomic E-state index is 0.0771. The number of unbranched alkanes of at least 4 members (excludes halogenated alkanes) is 1. The number of carbonyl (C=O) groups is 2. The number of hydrogen-bond acceptors (Lipinski definition) is 2. The van der Waals surface area contributed by atoms with E-state index < -0.39 is 0 Å². The maximum absolute atomic E-state index is 13.0. The number of amides is 2. The third kappa shape index (κ3) is 4.64. The fourth-order valence-corrected chi connectivity index (χ4v) is 3.48. The van der Waals surface area contributed by atoms with Crippen molar-refractivity contribution in [3.8, 4) is 11.1 Å². The molecule has 0 bridgehead atoms. The van der Waals surface area contributed by atoms with Gasteiger partial charge in [0.25, 0.3) is 5.91 Å². The van der Waals surface area contributed by atoms with Crippen LogP contribution in [0, 0.1) is 0 Å². The van der Waals surface area contributed by atoms with Crippen LogP contribution in [0.2, 0.25) is 0 Å². The average Bonchev–Trinajstić information content (AvgIpc) is 3.14. The second kappa shape index (κ2) is 8.67. The first-order valence-electron chi connectivity index (χ1n) is 9.54. The molecule has 2 aromatic rings. The van der Waals surface area contributed by atoms with Crippen LogP contribution in [0.5, 0.6) is 0 Å². The zero-order valence-electron chi connectivity index (χ0n) is 15.7. The standard InChI is InChI=1S/C23H26N2O2/c1-2-3-8-21-9-5-14-25(21)23(27)20-7-4-6-19(16-20)18-12-10-17(11-13-18)15-22(24)26/h4-7,9-13,16,21H,2-3,8,14-15H2,1H3,(H2,24,26)/t21-/m1/s1. The van der Waals surface area contributed by atoms with Gasteiger partial charge in [0, 0.05) is 12.1 Å². The van der Waals surface area contributed by atoms with Crippen LogP contribution in [0.25, 0.3) is 11.1 Å². The van der Waals surface area contributed by atoms with Gasteiger partial charge in [-0.05, 0) is 35.2 Å². The molecule has 0 spiro atoms. The first kappa shape index (κ1) is 18.9. The summed E-state index contributed by atoms with van der Waals surface area (Å²) in [6, 6.07) is 15.7. The summed E-state index contributed by atoms with van der Waals surface area (Å²) < 4.78 is 0. The monoisotopic (exact) mass is 362 g/mol. The molecule has 0 radical (unpaired) electrons. The van der Waals surface area contributed by atoms with Gasteiger partial charge in [-0.2, -0.15) is 0 Å². The van der Waals surface area contributed by atoms with Gasteiger partial charge in [-0.1, -0.05) is 68.3 Å². The van der Waals surface area contributed by atoms with E-state index in [9.17, 15) is 9.59 Å². The predicted octanol–water partition coefficient (Wildman–Crippen LogP) is 3.95. The number of carbonyl (C=O) groups excluding carboxylic acids is 2. The molecule has 1 atom stereocenters. The van der Waals surface area contributed by atoms with E-state index in [1.807, 2.05) is 53.4 Å². The molecule has 0 fully saturated rings. The van der Waals surface area contributed by atoms with E-state index in [1.54, 1.807) is 0 Å². The zero-order valence-corrected chi connectivity index (χ0v) is 15.7. The Morgan fingerprint density at radius 3 is 2.59 bits per heavy atom. The summed E-state index contributed by atoms with van der Waals surface area (Å²) in [6.07, 6.45) is 7.73. The van der Waals surface area contributed by atoms with E-state index in [2.05, 4.69) is 19.1 Å². The van der Waals surface area contributed by atoms with Gasteiger partial charge in [-0.25, -0.2) is 0 Å². The topological polar surface area (TPSA) is 63.4 Å². The number of rotatable bonds is 7. The number of primary amides is 1. The lowest BCUT2D eigenvalue weighted by atomic mass is 10.00. The van der Waals surface area contributed by atoms with E-state index in [0.717, 1.165) is 36.0 Å². The number of hydrogen-bond donors (Lipinski definition) is 1. The molecule has 140 valence electrons. The van der Waals surface area contributed by atoms with Crippen LogP contribution < -0.4 is 5.73 Å². The highest BCUT2D eigenvalue weighted by atomic mass is 16.2. The quantitative estimate of drug-likeness (QED) is 0.758. The molecule has 0 unspecified atom stereocenters. The van der Waals surface area contributed by atoms with Crippen molar-refractivity contribution < 1.29 is 9.59 Å². The third-order valence-corrected chi connectivity index (χ3v) is 4.95. The van der Waals surface area contributed by atoms with Crippen LogP contribution in [0.3, 0.4) is 0 Å². The average molecular weight is 362 g/mol. The summed E-state index contributed by atoms with van der Waals surface area (Å²) in [5.41, 5.74) is 8.84. The molecule has 0 saturated carbocycles. The van der Waals surface area contributed by atoms with Crippen molar-refractivity contribution in [3.63, 3.8) is 0 Å². The minimum atomic E-state index is -0.341. The Hall–Kier alpha value is -2.88. The first-order valence-corrected chi connectivity index (χ1v) is 9.54. The van der Waals surface area contributed by atoms with Crippen molar-refractivity contribution in [3.05, 3.63) is 71.8 Å². The van der Waals surface area contributed by atoms with Crippen molar-refractivity contribution in [2.45, 2.75) is 38.6 Å². The molecule has 1 heterocycles. The number of nitrogens with two attached hydrogens (primary N) is 1. The van der Waals surface area contributed by atoms with Crippen LogP contribution in [0.15, 0.2) is 60.7 Å². The molecule has 3 rings (SSSR count). The van der Waals surface area contributed by atoms with Gasteiger partial charge < -0.3 is 10.6 Å². The summed E-state index contributed by atoms with van der Waals surface area (Å²) in [6.45, 7) is 2.85. The molecule has 0 aliphatic carbocycles. The smallest absolute Gasteiger partial charge is 0.254 e. The summed E-state index contributed by atoms with van der Waals surface area (Å²) >= 11 is 0. The Kier molecular flexibility index (Phi) is 6.07. The van der Waals surface area contributed by atoms with Gasteiger partial charge in [0.15, 0.2) is 0 Å². The third-order valence-electron chi connectivity index (χ3n) is 4.95. The Bertz CT molecular complexity index is 840. The lowest BCUT2D eigenvalue weighted by molar-refractivity contribution is -0.117. The molecule has 4 heteroatoms. The van der Waals surface area contributed by atoms with Crippen molar-refractivity contribution in [2.24, 2.45) is 5.73 Å². The van der Waals surface area contributed by atoms with E-state index in [4.69, 9.17) is 5.73 Å². The lowest BCUT2D eigenvalue weighted by Crippen LogP contribution is -2.36. The van der Waals surface area contributed by atoms with Crippen LogP contribution in [0.1, 0.15) is 42.1 Å². The normalized spacial score (nSPS) is 15.9. The molecule has 1 aliphatic heterocycles. The maximum Gasteiger partial charge on any atom is 0.254 e. The summed E-state index contributed by atoms with van der Waals surface area (Å²) in [7, 11) is 0. The van der Waals surface area contributed by atoms with Crippen molar-refractivity contribution >= 4 is 11.8 Å². The van der Waals surface area contributed by atoms with Crippen LogP contribution in [0.4, 0.5) is 0 Å². The van der Waals surface area contributed by atoms with Gasteiger partial charge in [-0.3, -0.25) is 9.59 Å². The Morgan fingerprint density at radius 1 is 1.11 bits per heavy atom. The van der Waals surface area contributed by atoms with E-state index in [1.165, 1.54) is 0 Å². The Morgan fingerprint density at radius 2 is 1.89 bits per heavy atom. The molecule has 4 nitrogen and oxygen atoms in total. The van der Waals surface area contributed by atoms with Gasteiger partial charge in [0.2, 0.25) is 5.91 Å². The fraction of sp³-hybridized carbons (Fsp3) is 0.304. The van der Waals surface area contributed by atoms with Crippen molar-refractivity contribution in [1.82, 2.24) is 4.90 Å². The van der Waals surface area contributed by atoms with Crippen LogP contribution in [-0.2, 0) is 11.2 Å². The molecular formula is C23H26N2O2. The molecule has 2 N–H and O–H groups in total. The number of nitrogens with zero attached hydrogens (tertiary/aromatic N) is 1. The van der Waals surface area contributed by atoms with Crippen molar-refractivity contribution in [2.75, 3.05) is 6.54 Å². The summed E-state index contributed by atoms with van der Waals surface area (Å²) in [4.78, 5) is 26.0. The fourth-order valence-electron chi connectivity index (χ4n) is 3.48. The highest BCUT2D eigenvalue weighted by Crippen LogP contribution is 2.24. The van der Waals surface area contributed by atoms with Gasteiger partial charge >= 0.3 is 0 Å². The van der Waals surface area contributed by atoms with Gasteiger partial charge in [-0.15, -0.1) is 0 Å². The molecule has 0 saturated heterocycles. The first-order chi connectivity index (χ1) is 13.1. The highest BCUT2D eigenvalue weighted by Gasteiger charge is 2.25. The lowest BCUT2D eigenvalue weighted by Gasteiger charge is -2.25. The Labute approximate surface area is 160 Å². The van der Waals surface area contributed by atoms with Crippen LogP contribution >= 0.6 is 0 Å². The minimum Gasteiger partial charge on any atom is -0.369 e. The zero-order chi connectivity index (χ0) is 19.2.